The van der Waals surface area contributed by atoms with Crippen molar-refractivity contribution in [1.29, 1.82) is 0 Å². The first-order chi connectivity index (χ1) is 18.0. The molecule has 7 heteroatoms. The highest BCUT2D eigenvalue weighted by Crippen LogP contribution is 2.25. The van der Waals surface area contributed by atoms with Gasteiger partial charge in [0.25, 0.3) is 5.91 Å². The second-order valence-electron chi connectivity index (χ2n) is 9.74. The van der Waals surface area contributed by atoms with Crippen molar-refractivity contribution in [2.45, 2.75) is 39.7 Å². The van der Waals surface area contributed by atoms with E-state index in [1.165, 1.54) is 17.8 Å². The lowest BCUT2D eigenvalue weighted by Crippen LogP contribution is -2.35. The molecule has 0 radical (unpaired) electrons. The maximum Gasteiger partial charge on any atom is 0.270 e. The van der Waals surface area contributed by atoms with Crippen molar-refractivity contribution in [1.82, 2.24) is 14.7 Å². The number of halogens is 1. The van der Waals surface area contributed by atoms with Crippen LogP contribution in [-0.4, -0.2) is 35.0 Å². The van der Waals surface area contributed by atoms with E-state index >= 15 is 0 Å². The van der Waals surface area contributed by atoms with Gasteiger partial charge in [0.05, 0.1) is 12.3 Å². The van der Waals surface area contributed by atoms with Gasteiger partial charge in [-0.05, 0) is 85.7 Å². The first-order valence-corrected chi connectivity index (χ1v) is 13.0. The zero-order valence-electron chi connectivity index (χ0n) is 21.4. The van der Waals surface area contributed by atoms with Gasteiger partial charge in [0.1, 0.15) is 22.9 Å². The molecule has 37 heavy (non-hydrogen) atoms. The summed E-state index contributed by atoms with van der Waals surface area (Å²) in [5.41, 5.74) is 5.56. The second kappa shape index (κ2) is 11.0. The first kappa shape index (κ1) is 24.8. The van der Waals surface area contributed by atoms with Gasteiger partial charge in [-0.3, -0.25) is 9.20 Å². The van der Waals surface area contributed by atoms with Crippen molar-refractivity contribution in [3.8, 4) is 5.75 Å². The molecular weight excluding hydrogens is 467 g/mol. The highest BCUT2D eigenvalue weighted by atomic mass is 19.1. The van der Waals surface area contributed by atoms with Crippen LogP contribution >= 0.6 is 0 Å². The molecule has 1 saturated heterocycles. The summed E-state index contributed by atoms with van der Waals surface area (Å²) in [4.78, 5) is 20.1. The largest absolute Gasteiger partial charge is 0.493 e. The van der Waals surface area contributed by atoms with Crippen LogP contribution in [0, 0.1) is 18.7 Å². The van der Waals surface area contributed by atoms with Crippen LogP contribution in [0.5, 0.6) is 5.75 Å². The average Bonchev–Trinajstić information content (AvgIpc) is 3.30. The van der Waals surface area contributed by atoms with Crippen molar-refractivity contribution >= 4 is 17.2 Å². The Labute approximate surface area is 217 Å². The smallest absolute Gasteiger partial charge is 0.270 e. The molecule has 0 atom stereocenters. The van der Waals surface area contributed by atoms with Crippen LogP contribution < -0.4 is 15.0 Å². The summed E-state index contributed by atoms with van der Waals surface area (Å²) in [5, 5.41) is 3.08. The number of carbonyl (C=O) groups is 1. The molecule has 2 aromatic carbocycles. The number of rotatable bonds is 8. The number of ether oxygens (including phenoxy) is 1. The SMILES string of the molecule is CCc1nc2ccc(C)cn2c1C(=O)NCc1ccc(N2CCC(COc3ccc(F)cc3)CC2)cc1. The van der Waals surface area contributed by atoms with Crippen LogP contribution in [0.2, 0.25) is 0 Å². The minimum atomic E-state index is -0.248. The fourth-order valence-electron chi connectivity index (χ4n) is 4.88. The van der Waals surface area contributed by atoms with E-state index in [1.807, 2.05) is 36.6 Å². The fraction of sp³-hybridized carbons (Fsp3) is 0.333. The number of piperidine rings is 1. The minimum absolute atomic E-state index is 0.107. The summed E-state index contributed by atoms with van der Waals surface area (Å²) >= 11 is 0. The minimum Gasteiger partial charge on any atom is -0.493 e. The molecule has 192 valence electrons. The van der Waals surface area contributed by atoms with Gasteiger partial charge in [0.15, 0.2) is 0 Å². The number of nitrogens with one attached hydrogen (secondary N) is 1. The Morgan fingerprint density at radius 3 is 2.49 bits per heavy atom. The number of aryl methyl sites for hydroxylation is 2. The Morgan fingerprint density at radius 2 is 1.78 bits per heavy atom. The average molecular weight is 501 g/mol. The molecule has 1 N–H and O–H groups in total. The summed E-state index contributed by atoms with van der Waals surface area (Å²) in [6.45, 7) is 7.10. The van der Waals surface area contributed by atoms with Gasteiger partial charge in [-0.1, -0.05) is 25.1 Å². The molecule has 1 amide bonds. The molecule has 0 aliphatic carbocycles. The summed E-state index contributed by atoms with van der Waals surface area (Å²) < 4.78 is 20.8. The number of hydrogen-bond donors (Lipinski definition) is 1. The van der Waals surface area contributed by atoms with E-state index in [0.717, 1.165) is 48.4 Å². The molecule has 5 rings (SSSR count). The molecule has 1 aliphatic rings. The predicted molar refractivity (Wildman–Crippen MR) is 144 cm³/mol. The Kier molecular flexibility index (Phi) is 7.40. The normalized spacial score (nSPS) is 14.2. The van der Waals surface area contributed by atoms with Crippen LogP contribution in [0.15, 0.2) is 66.9 Å². The summed E-state index contributed by atoms with van der Waals surface area (Å²) in [6.07, 6.45) is 4.77. The number of hydrogen-bond acceptors (Lipinski definition) is 4. The van der Waals surface area contributed by atoms with Crippen LogP contribution in [0.3, 0.4) is 0 Å². The Hall–Kier alpha value is -3.87. The highest BCUT2D eigenvalue weighted by molar-refractivity contribution is 5.94. The van der Waals surface area contributed by atoms with E-state index in [0.29, 0.717) is 36.9 Å². The molecule has 3 heterocycles. The topological polar surface area (TPSA) is 58.9 Å². The van der Waals surface area contributed by atoms with Gasteiger partial charge in [-0.2, -0.15) is 0 Å². The lowest BCUT2D eigenvalue weighted by atomic mass is 9.97. The third-order valence-electron chi connectivity index (χ3n) is 7.06. The number of anilines is 1. The van der Waals surface area contributed by atoms with Crippen molar-refractivity contribution in [3.05, 3.63) is 95.2 Å². The van der Waals surface area contributed by atoms with E-state index in [-0.39, 0.29) is 11.7 Å². The third kappa shape index (κ3) is 5.77. The molecule has 0 saturated carbocycles. The molecule has 0 unspecified atom stereocenters. The number of aromatic nitrogens is 2. The van der Waals surface area contributed by atoms with E-state index in [2.05, 4.69) is 39.5 Å². The quantitative estimate of drug-likeness (QED) is 0.344. The van der Waals surface area contributed by atoms with Gasteiger partial charge in [0, 0.05) is 31.5 Å². The van der Waals surface area contributed by atoms with Gasteiger partial charge in [-0.15, -0.1) is 0 Å². The number of imidazole rings is 1. The summed E-state index contributed by atoms with van der Waals surface area (Å²) in [7, 11) is 0. The first-order valence-electron chi connectivity index (χ1n) is 13.0. The monoisotopic (exact) mass is 500 g/mol. The molecule has 6 nitrogen and oxygen atoms in total. The standard InChI is InChI=1S/C30H33FN4O2/c1-3-27-29(35-19-21(2)4-13-28(35)33-27)30(36)32-18-22-5-9-25(10-6-22)34-16-14-23(15-17-34)20-37-26-11-7-24(31)8-12-26/h4-13,19,23H,3,14-18,20H2,1-2H3,(H,32,36). The number of benzene rings is 2. The highest BCUT2D eigenvalue weighted by Gasteiger charge is 2.21. The van der Waals surface area contributed by atoms with Crippen LogP contribution in [0.25, 0.3) is 5.65 Å². The number of pyridine rings is 1. The number of carbonyl (C=O) groups excluding carboxylic acids is 1. The zero-order valence-corrected chi connectivity index (χ0v) is 21.4. The molecule has 1 aliphatic heterocycles. The lowest BCUT2D eigenvalue weighted by Gasteiger charge is -2.33. The Morgan fingerprint density at radius 1 is 1.05 bits per heavy atom. The van der Waals surface area contributed by atoms with Gasteiger partial charge < -0.3 is 15.0 Å². The van der Waals surface area contributed by atoms with Gasteiger partial charge in [0.2, 0.25) is 0 Å². The van der Waals surface area contributed by atoms with E-state index < -0.39 is 0 Å². The number of amides is 1. The molecule has 1 fully saturated rings. The fourth-order valence-corrected chi connectivity index (χ4v) is 4.88. The van der Waals surface area contributed by atoms with Crippen molar-refractivity contribution in [2.24, 2.45) is 5.92 Å². The zero-order chi connectivity index (χ0) is 25.8. The Bertz CT molecular complexity index is 1360. The van der Waals surface area contributed by atoms with Crippen molar-refractivity contribution in [3.63, 3.8) is 0 Å². The lowest BCUT2D eigenvalue weighted by molar-refractivity contribution is 0.0944. The summed E-state index contributed by atoms with van der Waals surface area (Å²) in [5.74, 6) is 0.854. The summed E-state index contributed by atoms with van der Waals surface area (Å²) in [6, 6.07) is 18.6. The van der Waals surface area contributed by atoms with Crippen LogP contribution in [0.1, 0.15) is 47.1 Å². The maximum atomic E-state index is 13.1. The van der Waals surface area contributed by atoms with Gasteiger partial charge >= 0.3 is 0 Å². The molecular formula is C30H33FN4O2. The number of nitrogens with zero attached hydrogens (tertiary/aromatic N) is 3. The van der Waals surface area contributed by atoms with Crippen molar-refractivity contribution in [2.75, 3.05) is 24.6 Å². The number of fused-ring (bicyclic) bond motifs is 1. The molecule has 0 spiro atoms. The third-order valence-corrected chi connectivity index (χ3v) is 7.06. The molecule has 2 aromatic heterocycles. The van der Waals surface area contributed by atoms with Crippen molar-refractivity contribution < 1.29 is 13.9 Å². The molecule has 4 aromatic rings. The van der Waals surface area contributed by atoms with E-state index in [1.54, 1.807) is 12.1 Å². The van der Waals surface area contributed by atoms with Crippen LogP contribution in [0.4, 0.5) is 10.1 Å². The van der Waals surface area contributed by atoms with Gasteiger partial charge in [-0.25, -0.2) is 9.37 Å². The second-order valence-corrected chi connectivity index (χ2v) is 9.74. The van der Waals surface area contributed by atoms with Crippen LogP contribution in [-0.2, 0) is 13.0 Å². The maximum absolute atomic E-state index is 13.1. The molecule has 0 bridgehead atoms. The predicted octanol–water partition coefficient (Wildman–Crippen LogP) is 5.57. The Balaban J connectivity index is 1.13. The van der Waals surface area contributed by atoms with E-state index in [9.17, 15) is 9.18 Å². The van der Waals surface area contributed by atoms with E-state index in [4.69, 9.17) is 4.74 Å².